The van der Waals surface area contributed by atoms with Crippen LogP contribution < -0.4 is 5.73 Å². The summed E-state index contributed by atoms with van der Waals surface area (Å²) in [4.78, 5) is 28.1. The van der Waals surface area contributed by atoms with E-state index in [1.54, 1.807) is 0 Å². The lowest BCUT2D eigenvalue weighted by molar-refractivity contribution is -0.140. The third kappa shape index (κ3) is 4.99. The van der Waals surface area contributed by atoms with Gasteiger partial charge in [0.25, 0.3) is 0 Å². The number of carbonyl (C=O) groups is 2. The highest BCUT2D eigenvalue weighted by atomic mass is 16.2. The summed E-state index contributed by atoms with van der Waals surface area (Å²) in [6.07, 6.45) is 8.30. The van der Waals surface area contributed by atoms with Gasteiger partial charge in [0, 0.05) is 39.0 Å². The SMILES string of the molecule is NCCCC(=O)N1CCN(C(=O)CC2CCCCC2)CC1. The lowest BCUT2D eigenvalue weighted by atomic mass is 9.86. The Labute approximate surface area is 127 Å². The van der Waals surface area contributed by atoms with Crippen molar-refractivity contribution < 1.29 is 9.59 Å². The van der Waals surface area contributed by atoms with Crippen molar-refractivity contribution in [1.29, 1.82) is 0 Å². The van der Waals surface area contributed by atoms with Crippen molar-refractivity contribution in [3.05, 3.63) is 0 Å². The first kappa shape index (κ1) is 16.3. The first-order chi connectivity index (χ1) is 10.2. The maximum absolute atomic E-state index is 12.3. The van der Waals surface area contributed by atoms with Crippen LogP contribution in [0.25, 0.3) is 0 Å². The lowest BCUT2D eigenvalue weighted by Gasteiger charge is -2.35. The van der Waals surface area contributed by atoms with E-state index in [1.165, 1.54) is 32.1 Å². The number of carbonyl (C=O) groups excluding carboxylic acids is 2. The van der Waals surface area contributed by atoms with Gasteiger partial charge in [-0.1, -0.05) is 19.3 Å². The van der Waals surface area contributed by atoms with Crippen LogP contribution in [0.3, 0.4) is 0 Å². The number of piperazine rings is 1. The molecule has 5 nitrogen and oxygen atoms in total. The van der Waals surface area contributed by atoms with Gasteiger partial charge in [0.05, 0.1) is 0 Å². The van der Waals surface area contributed by atoms with Gasteiger partial charge < -0.3 is 15.5 Å². The Bertz CT molecular complexity index is 345. The van der Waals surface area contributed by atoms with E-state index in [0.717, 1.165) is 6.42 Å². The molecule has 1 aliphatic heterocycles. The second-order valence-electron chi connectivity index (χ2n) is 6.36. The Kier molecular flexibility index (Phi) is 6.49. The highest BCUT2D eigenvalue weighted by molar-refractivity contribution is 5.78. The fourth-order valence-corrected chi connectivity index (χ4v) is 3.38. The van der Waals surface area contributed by atoms with Crippen LogP contribution in [-0.4, -0.2) is 54.3 Å². The third-order valence-electron chi connectivity index (χ3n) is 4.77. The van der Waals surface area contributed by atoms with Crippen LogP contribution in [-0.2, 0) is 9.59 Å². The van der Waals surface area contributed by atoms with E-state index in [0.29, 0.717) is 51.5 Å². The summed E-state index contributed by atoms with van der Waals surface area (Å²) < 4.78 is 0. The molecule has 2 fully saturated rings. The zero-order valence-electron chi connectivity index (χ0n) is 13.1. The molecule has 1 saturated heterocycles. The molecule has 1 heterocycles. The average Bonchev–Trinajstić information content (AvgIpc) is 2.53. The quantitative estimate of drug-likeness (QED) is 0.833. The molecular formula is C16H29N3O2. The average molecular weight is 295 g/mol. The summed E-state index contributed by atoms with van der Waals surface area (Å²) in [5, 5.41) is 0. The topological polar surface area (TPSA) is 66.6 Å². The van der Waals surface area contributed by atoms with Crippen molar-refractivity contribution in [3.63, 3.8) is 0 Å². The molecule has 0 unspecified atom stereocenters. The summed E-state index contributed by atoms with van der Waals surface area (Å²) in [7, 11) is 0. The Morgan fingerprint density at radius 2 is 1.48 bits per heavy atom. The van der Waals surface area contributed by atoms with Gasteiger partial charge in [-0.05, 0) is 31.7 Å². The molecule has 0 radical (unpaired) electrons. The molecule has 0 aromatic rings. The fraction of sp³-hybridized carbons (Fsp3) is 0.875. The van der Waals surface area contributed by atoms with Gasteiger partial charge in [-0.3, -0.25) is 9.59 Å². The maximum atomic E-state index is 12.3. The predicted molar refractivity (Wildman–Crippen MR) is 82.6 cm³/mol. The van der Waals surface area contributed by atoms with Crippen LogP contribution in [0.1, 0.15) is 51.4 Å². The second-order valence-corrected chi connectivity index (χ2v) is 6.36. The lowest BCUT2D eigenvalue weighted by Crippen LogP contribution is -2.50. The largest absolute Gasteiger partial charge is 0.339 e. The maximum Gasteiger partial charge on any atom is 0.222 e. The fourth-order valence-electron chi connectivity index (χ4n) is 3.38. The van der Waals surface area contributed by atoms with Gasteiger partial charge in [-0.2, -0.15) is 0 Å². The number of hydrogen-bond donors (Lipinski definition) is 1. The van der Waals surface area contributed by atoms with Crippen LogP contribution in [0.4, 0.5) is 0 Å². The molecule has 2 N–H and O–H groups in total. The number of nitrogens with zero attached hydrogens (tertiary/aromatic N) is 2. The summed E-state index contributed by atoms with van der Waals surface area (Å²) >= 11 is 0. The standard InChI is InChI=1S/C16H29N3O2/c17-8-4-7-15(20)18-9-11-19(12-10-18)16(21)13-14-5-2-1-3-6-14/h14H,1-13,17H2. The van der Waals surface area contributed by atoms with Crippen molar-refractivity contribution in [1.82, 2.24) is 9.80 Å². The minimum atomic E-state index is 0.180. The van der Waals surface area contributed by atoms with Gasteiger partial charge in [0.1, 0.15) is 0 Å². The van der Waals surface area contributed by atoms with E-state index in [9.17, 15) is 9.59 Å². The molecular weight excluding hydrogens is 266 g/mol. The molecule has 0 aromatic carbocycles. The molecule has 0 bridgehead atoms. The van der Waals surface area contributed by atoms with E-state index in [-0.39, 0.29) is 11.8 Å². The zero-order valence-corrected chi connectivity index (χ0v) is 13.1. The van der Waals surface area contributed by atoms with Crippen LogP contribution >= 0.6 is 0 Å². The number of rotatable bonds is 5. The van der Waals surface area contributed by atoms with Crippen LogP contribution in [0.15, 0.2) is 0 Å². The summed E-state index contributed by atoms with van der Waals surface area (Å²) in [6, 6.07) is 0. The third-order valence-corrected chi connectivity index (χ3v) is 4.77. The summed E-state index contributed by atoms with van der Waals surface area (Å²) in [5.74, 6) is 1.06. The van der Waals surface area contributed by atoms with Crippen LogP contribution in [0.5, 0.6) is 0 Å². The van der Waals surface area contributed by atoms with Crippen molar-refractivity contribution in [3.8, 4) is 0 Å². The van der Waals surface area contributed by atoms with Crippen molar-refractivity contribution in [2.75, 3.05) is 32.7 Å². The van der Waals surface area contributed by atoms with Gasteiger partial charge in [-0.15, -0.1) is 0 Å². The predicted octanol–water partition coefficient (Wildman–Crippen LogP) is 1.37. The second kappa shape index (κ2) is 8.37. The Balaban J connectivity index is 1.70. The number of amides is 2. The molecule has 2 rings (SSSR count). The summed E-state index contributed by atoms with van der Waals surface area (Å²) in [6.45, 7) is 3.31. The van der Waals surface area contributed by atoms with Gasteiger partial charge in [0.2, 0.25) is 11.8 Å². The smallest absolute Gasteiger partial charge is 0.222 e. The van der Waals surface area contributed by atoms with Crippen LogP contribution in [0, 0.1) is 5.92 Å². The zero-order chi connectivity index (χ0) is 15.1. The van der Waals surface area contributed by atoms with E-state index in [1.807, 2.05) is 9.80 Å². The normalized spacial score (nSPS) is 20.6. The molecule has 120 valence electrons. The molecule has 21 heavy (non-hydrogen) atoms. The van der Waals surface area contributed by atoms with E-state index in [4.69, 9.17) is 5.73 Å². The molecule has 2 amide bonds. The first-order valence-corrected chi connectivity index (χ1v) is 8.46. The Hall–Kier alpha value is -1.10. The molecule has 0 atom stereocenters. The summed E-state index contributed by atoms with van der Waals surface area (Å²) in [5.41, 5.74) is 5.43. The molecule has 2 aliphatic rings. The van der Waals surface area contributed by atoms with Crippen molar-refractivity contribution in [2.45, 2.75) is 51.4 Å². The minimum absolute atomic E-state index is 0.180. The Morgan fingerprint density at radius 1 is 0.905 bits per heavy atom. The minimum Gasteiger partial charge on any atom is -0.339 e. The van der Waals surface area contributed by atoms with E-state index < -0.39 is 0 Å². The monoisotopic (exact) mass is 295 g/mol. The molecule has 5 heteroatoms. The molecule has 0 spiro atoms. The van der Waals surface area contributed by atoms with E-state index in [2.05, 4.69) is 0 Å². The molecule has 1 aliphatic carbocycles. The van der Waals surface area contributed by atoms with Crippen molar-refractivity contribution >= 4 is 11.8 Å². The molecule has 0 aromatic heterocycles. The first-order valence-electron chi connectivity index (χ1n) is 8.46. The van der Waals surface area contributed by atoms with E-state index >= 15 is 0 Å². The van der Waals surface area contributed by atoms with Gasteiger partial charge >= 0.3 is 0 Å². The molecule has 1 saturated carbocycles. The van der Waals surface area contributed by atoms with Crippen molar-refractivity contribution in [2.24, 2.45) is 11.7 Å². The number of hydrogen-bond acceptors (Lipinski definition) is 3. The van der Waals surface area contributed by atoms with Crippen LogP contribution in [0.2, 0.25) is 0 Å². The van der Waals surface area contributed by atoms with Gasteiger partial charge in [-0.25, -0.2) is 0 Å². The van der Waals surface area contributed by atoms with Gasteiger partial charge in [0.15, 0.2) is 0 Å². The highest BCUT2D eigenvalue weighted by Gasteiger charge is 2.25. The highest BCUT2D eigenvalue weighted by Crippen LogP contribution is 2.27. The number of nitrogens with two attached hydrogens (primary N) is 1. The Morgan fingerprint density at radius 3 is 2.05 bits per heavy atom.